The number of carboxylic acid groups (broad SMARTS) is 1. The first-order chi connectivity index (χ1) is 15.0. The SMILES string of the molecule is CN1CCC(N2C(=O)c3cc4nc(CCn5cccn5)[nH]c4cc3C2=O)CC1.O=CO. The van der Waals surface area contributed by atoms with Gasteiger partial charge in [-0.2, -0.15) is 5.10 Å². The topological polar surface area (TPSA) is 124 Å². The standard InChI is InChI=1S/C20H22N6O2.CH2O2/c1-24-8-3-13(4-9-24)26-19(27)14-11-16-17(12-15(14)20(26)28)23-18(22-16)5-10-25-7-2-6-21-25;2-1-3/h2,6-7,11-13H,3-5,8-10H2,1H3,(H,22,23);1H,(H,2,3). The third-order valence-corrected chi connectivity index (χ3v) is 5.76. The number of likely N-dealkylation sites (tertiary alicyclic amines) is 1. The summed E-state index contributed by atoms with van der Waals surface area (Å²) in [5, 5.41) is 11.1. The zero-order valence-electron chi connectivity index (χ0n) is 17.2. The molecule has 0 bridgehead atoms. The van der Waals surface area contributed by atoms with E-state index in [9.17, 15) is 9.59 Å². The maximum Gasteiger partial charge on any atom is 0.290 e. The van der Waals surface area contributed by atoms with E-state index in [-0.39, 0.29) is 24.3 Å². The third kappa shape index (κ3) is 4.06. The second kappa shape index (κ2) is 8.68. The van der Waals surface area contributed by atoms with Crippen molar-refractivity contribution < 1.29 is 19.5 Å². The number of H-pyrrole nitrogens is 1. The van der Waals surface area contributed by atoms with Crippen LogP contribution in [0.5, 0.6) is 0 Å². The Morgan fingerprint density at radius 1 is 1.19 bits per heavy atom. The summed E-state index contributed by atoms with van der Waals surface area (Å²) in [5.74, 6) is 0.461. The zero-order chi connectivity index (χ0) is 22.0. The van der Waals surface area contributed by atoms with Crippen LogP contribution in [0.2, 0.25) is 0 Å². The Morgan fingerprint density at radius 2 is 1.87 bits per heavy atom. The Bertz CT molecular complexity index is 1050. The molecule has 2 aliphatic heterocycles. The number of carbonyl (C=O) groups excluding carboxylic acids is 2. The summed E-state index contributed by atoms with van der Waals surface area (Å²) in [6, 6.07) is 5.41. The molecule has 10 heteroatoms. The fraction of sp³-hybridized carbons (Fsp3) is 0.381. The highest BCUT2D eigenvalue weighted by Gasteiger charge is 2.41. The molecule has 1 fully saturated rings. The van der Waals surface area contributed by atoms with Crippen LogP contribution in [0.25, 0.3) is 11.0 Å². The molecule has 0 aliphatic carbocycles. The van der Waals surface area contributed by atoms with Gasteiger partial charge in [0.1, 0.15) is 5.82 Å². The van der Waals surface area contributed by atoms with Crippen molar-refractivity contribution in [3.8, 4) is 0 Å². The summed E-state index contributed by atoms with van der Waals surface area (Å²) >= 11 is 0. The van der Waals surface area contributed by atoms with Gasteiger partial charge in [0.25, 0.3) is 18.3 Å². The lowest BCUT2D eigenvalue weighted by atomic mass is 10.0. The molecule has 0 spiro atoms. The number of nitrogens with zero attached hydrogens (tertiary/aromatic N) is 5. The van der Waals surface area contributed by atoms with E-state index >= 15 is 0 Å². The molecule has 1 saturated heterocycles. The van der Waals surface area contributed by atoms with E-state index in [1.54, 1.807) is 18.3 Å². The number of hydrogen-bond donors (Lipinski definition) is 2. The summed E-state index contributed by atoms with van der Waals surface area (Å²) < 4.78 is 1.85. The lowest BCUT2D eigenvalue weighted by Crippen LogP contribution is -2.46. The van der Waals surface area contributed by atoms with Crippen molar-refractivity contribution in [3.63, 3.8) is 0 Å². The minimum Gasteiger partial charge on any atom is -0.483 e. The Morgan fingerprint density at radius 3 is 2.52 bits per heavy atom. The van der Waals surface area contributed by atoms with Crippen LogP contribution in [0.1, 0.15) is 39.4 Å². The van der Waals surface area contributed by atoms with Gasteiger partial charge in [-0.15, -0.1) is 0 Å². The molecular weight excluding hydrogens is 400 g/mol. The summed E-state index contributed by atoms with van der Waals surface area (Å²) in [4.78, 5) is 45.9. The first-order valence-electron chi connectivity index (χ1n) is 10.2. The smallest absolute Gasteiger partial charge is 0.290 e. The van der Waals surface area contributed by atoms with Crippen LogP contribution < -0.4 is 0 Å². The van der Waals surface area contributed by atoms with Crippen LogP contribution in [-0.4, -0.2) is 79.1 Å². The van der Waals surface area contributed by atoms with Gasteiger partial charge in [0.05, 0.1) is 22.2 Å². The van der Waals surface area contributed by atoms with Crippen LogP contribution in [0.4, 0.5) is 0 Å². The molecule has 31 heavy (non-hydrogen) atoms. The first-order valence-corrected chi connectivity index (χ1v) is 10.2. The second-order valence-electron chi connectivity index (χ2n) is 7.74. The molecule has 0 saturated carbocycles. The Balaban J connectivity index is 0.000000730. The predicted octanol–water partition coefficient (Wildman–Crippen LogP) is 1.39. The number of benzene rings is 1. The molecule has 3 aromatic rings. The maximum atomic E-state index is 13.0. The van der Waals surface area contributed by atoms with Crippen molar-refractivity contribution in [3.05, 3.63) is 47.5 Å². The van der Waals surface area contributed by atoms with E-state index in [4.69, 9.17) is 9.90 Å². The van der Waals surface area contributed by atoms with Crippen molar-refractivity contribution in [1.82, 2.24) is 29.5 Å². The van der Waals surface area contributed by atoms with Crippen LogP contribution in [0, 0.1) is 0 Å². The number of carbonyl (C=O) groups is 3. The number of fused-ring (bicyclic) bond motifs is 2. The van der Waals surface area contributed by atoms with E-state index in [2.05, 4.69) is 27.0 Å². The van der Waals surface area contributed by atoms with Crippen LogP contribution in [0.3, 0.4) is 0 Å². The molecule has 0 unspecified atom stereocenters. The van der Waals surface area contributed by atoms with E-state index < -0.39 is 0 Å². The monoisotopic (exact) mass is 424 g/mol. The number of hydrogen-bond acceptors (Lipinski definition) is 6. The Hall–Kier alpha value is -3.53. The number of amides is 2. The number of nitrogens with one attached hydrogen (secondary N) is 1. The Labute approximate surface area is 178 Å². The normalized spacial score (nSPS) is 17.0. The van der Waals surface area contributed by atoms with Crippen LogP contribution in [-0.2, 0) is 17.8 Å². The summed E-state index contributed by atoms with van der Waals surface area (Å²) in [7, 11) is 2.07. The Kier molecular flexibility index (Phi) is 5.81. The molecule has 162 valence electrons. The average Bonchev–Trinajstić information content (AvgIpc) is 3.46. The van der Waals surface area contributed by atoms with Crippen molar-refractivity contribution >= 4 is 29.3 Å². The molecule has 2 aliphatic rings. The molecule has 2 N–H and O–H groups in total. The highest BCUT2D eigenvalue weighted by Crippen LogP contribution is 2.31. The van der Waals surface area contributed by atoms with Crippen molar-refractivity contribution in [2.24, 2.45) is 0 Å². The number of rotatable bonds is 4. The molecule has 4 heterocycles. The summed E-state index contributed by atoms with van der Waals surface area (Å²) in [6.07, 6.45) is 6.01. The lowest BCUT2D eigenvalue weighted by molar-refractivity contribution is -0.122. The fourth-order valence-electron chi connectivity index (χ4n) is 4.17. The minimum atomic E-state index is -0.250. The fourth-order valence-corrected chi connectivity index (χ4v) is 4.17. The van der Waals surface area contributed by atoms with Gasteiger partial charge in [0, 0.05) is 31.4 Å². The van der Waals surface area contributed by atoms with Crippen LogP contribution >= 0.6 is 0 Å². The number of imide groups is 1. The number of aromatic amines is 1. The third-order valence-electron chi connectivity index (χ3n) is 5.76. The number of aryl methyl sites for hydroxylation is 2. The highest BCUT2D eigenvalue weighted by atomic mass is 16.3. The van der Waals surface area contributed by atoms with Gasteiger partial charge in [-0.25, -0.2) is 4.98 Å². The van der Waals surface area contributed by atoms with E-state index in [0.717, 1.165) is 42.8 Å². The molecule has 1 aromatic carbocycles. The molecule has 2 amide bonds. The van der Waals surface area contributed by atoms with Gasteiger partial charge >= 0.3 is 0 Å². The molecule has 10 nitrogen and oxygen atoms in total. The molecular formula is C21H24N6O4. The first kappa shape index (κ1) is 20.7. The second-order valence-corrected chi connectivity index (χ2v) is 7.74. The van der Waals surface area contributed by atoms with Crippen molar-refractivity contribution in [2.75, 3.05) is 20.1 Å². The van der Waals surface area contributed by atoms with Gasteiger partial charge < -0.3 is 15.0 Å². The molecule has 0 radical (unpaired) electrons. The maximum absolute atomic E-state index is 13.0. The van der Waals surface area contributed by atoms with Crippen molar-refractivity contribution in [2.45, 2.75) is 31.8 Å². The van der Waals surface area contributed by atoms with Gasteiger partial charge in [0.15, 0.2) is 0 Å². The molecule has 5 rings (SSSR count). The molecule has 0 atom stereocenters. The zero-order valence-corrected chi connectivity index (χ0v) is 17.2. The van der Waals surface area contributed by atoms with E-state index in [1.807, 2.05) is 16.9 Å². The van der Waals surface area contributed by atoms with Gasteiger partial charge in [-0.05, 0) is 51.2 Å². The number of piperidine rings is 1. The van der Waals surface area contributed by atoms with Crippen molar-refractivity contribution in [1.29, 1.82) is 0 Å². The van der Waals surface area contributed by atoms with Gasteiger partial charge in [-0.1, -0.05) is 0 Å². The van der Waals surface area contributed by atoms with E-state index in [1.165, 1.54) is 4.90 Å². The minimum absolute atomic E-state index is 0.0143. The summed E-state index contributed by atoms with van der Waals surface area (Å²) in [5.41, 5.74) is 2.47. The van der Waals surface area contributed by atoms with Gasteiger partial charge in [-0.3, -0.25) is 24.0 Å². The predicted molar refractivity (Wildman–Crippen MR) is 112 cm³/mol. The molecule has 2 aromatic heterocycles. The van der Waals surface area contributed by atoms with E-state index in [0.29, 0.717) is 24.1 Å². The van der Waals surface area contributed by atoms with Gasteiger partial charge in [0.2, 0.25) is 0 Å². The average molecular weight is 424 g/mol. The quantitative estimate of drug-likeness (QED) is 0.479. The number of imidazole rings is 1. The largest absolute Gasteiger partial charge is 0.483 e. The number of aromatic nitrogens is 4. The highest BCUT2D eigenvalue weighted by molar-refractivity contribution is 6.23. The lowest BCUT2D eigenvalue weighted by Gasteiger charge is -2.33. The summed E-state index contributed by atoms with van der Waals surface area (Å²) in [6.45, 7) is 2.27. The van der Waals surface area contributed by atoms with Crippen LogP contribution in [0.15, 0.2) is 30.6 Å².